The van der Waals surface area contributed by atoms with Crippen LogP contribution in [-0.2, 0) is 10.0 Å². The van der Waals surface area contributed by atoms with Gasteiger partial charge in [-0.15, -0.1) is 0 Å². The predicted molar refractivity (Wildman–Crippen MR) is 84.0 cm³/mol. The maximum atomic E-state index is 12.9. The van der Waals surface area contributed by atoms with Crippen molar-refractivity contribution in [3.63, 3.8) is 0 Å². The highest BCUT2D eigenvalue weighted by Crippen LogP contribution is 2.34. The zero-order valence-electron chi connectivity index (χ0n) is 12.0. The van der Waals surface area contributed by atoms with E-state index in [2.05, 4.69) is 5.32 Å². The third-order valence-corrected chi connectivity index (χ3v) is 6.46. The molecule has 0 bridgehead atoms. The third-order valence-electron chi connectivity index (χ3n) is 4.27. The Labute approximate surface area is 131 Å². The van der Waals surface area contributed by atoms with Crippen molar-refractivity contribution in [2.45, 2.75) is 36.6 Å². The van der Waals surface area contributed by atoms with Gasteiger partial charge >= 0.3 is 0 Å². The third kappa shape index (κ3) is 3.59. The molecule has 1 aromatic carbocycles. The molecule has 0 spiro atoms. The Morgan fingerprint density at radius 2 is 1.71 bits per heavy atom. The highest BCUT2D eigenvalue weighted by atomic mass is 35.5. The second-order valence-electron chi connectivity index (χ2n) is 5.95. The molecule has 1 N–H and O–H groups in total. The monoisotopic (exact) mass is 328 g/mol. The van der Waals surface area contributed by atoms with Gasteiger partial charge < -0.3 is 5.32 Å². The summed E-state index contributed by atoms with van der Waals surface area (Å²) in [5.74, 6) is 0.467. The van der Waals surface area contributed by atoms with Crippen LogP contribution in [0.1, 0.15) is 25.7 Å². The molecule has 1 aliphatic heterocycles. The average molecular weight is 329 g/mol. The lowest BCUT2D eigenvalue weighted by atomic mass is 9.98. The molecule has 1 aromatic rings. The molecular formula is C15H21ClN2O2S. The second kappa shape index (κ2) is 6.24. The van der Waals surface area contributed by atoms with Crippen LogP contribution in [0, 0.1) is 5.92 Å². The Kier molecular flexibility index (Phi) is 4.54. The number of hydrogen-bond donors (Lipinski definition) is 1. The lowest BCUT2D eigenvalue weighted by Gasteiger charge is -2.29. The number of nitrogens with zero attached hydrogens (tertiary/aromatic N) is 1. The highest BCUT2D eigenvalue weighted by Gasteiger charge is 2.39. The van der Waals surface area contributed by atoms with Gasteiger partial charge in [0.1, 0.15) is 0 Å². The molecule has 1 heterocycles. The van der Waals surface area contributed by atoms with E-state index in [1.807, 2.05) is 0 Å². The molecule has 2 fully saturated rings. The van der Waals surface area contributed by atoms with Gasteiger partial charge in [0.2, 0.25) is 10.0 Å². The van der Waals surface area contributed by atoms with E-state index >= 15 is 0 Å². The zero-order valence-corrected chi connectivity index (χ0v) is 13.5. The van der Waals surface area contributed by atoms with Crippen LogP contribution in [0.3, 0.4) is 0 Å². The van der Waals surface area contributed by atoms with Crippen LogP contribution in [0.2, 0.25) is 5.02 Å². The minimum absolute atomic E-state index is 0.195. The first-order valence-corrected chi connectivity index (χ1v) is 9.37. The first-order valence-electron chi connectivity index (χ1n) is 7.55. The van der Waals surface area contributed by atoms with Crippen molar-refractivity contribution in [2.24, 2.45) is 5.92 Å². The molecule has 21 heavy (non-hydrogen) atoms. The molecule has 4 nitrogen and oxygen atoms in total. The number of sulfonamides is 1. The predicted octanol–water partition coefficient (Wildman–Crippen LogP) is 2.49. The van der Waals surface area contributed by atoms with Gasteiger partial charge in [0.25, 0.3) is 0 Å². The molecule has 3 rings (SSSR count). The van der Waals surface area contributed by atoms with Gasteiger partial charge in [-0.2, -0.15) is 4.31 Å². The van der Waals surface area contributed by atoms with E-state index < -0.39 is 10.0 Å². The Bertz CT molecular complexity index is 578. The Morgan fingerprint density at radius 3 is 2.29 bits per heavy atom. The SMILES string of the molecule is O=S(=O)(c1ccc(Cl)cc1)N(CC1CCNCC1)C1CC1. The zero-order chi connectivity index (χ0) is 14.9. The number of piperidine rings is 1. The number of benzene rings is 1. The van der Waals surface area contributed by atoms with E-state index in [4.69, 9.17) is 11.6 Å². The van der Waals surface area contributed by atoms with E-state index in [-0.39, 0.29) is 6.04 Å². The van der Waals surface area contributed by atoms with Crippen molar-refractivity contribution in [2.75, 3.05) is 19.6 Å². The van der Waals surface area contributed by atoms with Crippen molar-refractivity contribution in [1.82, 2.24) is 9.62 Å². The largest absolute Gasteiger partial charge is 0.317 e. The van der Waals surface area contributed by atoms with Crippen LogP contribution in [0.15, 0.2) is 29.2 Å². The Balaban J connectivity index is 1.80. The topological polar surface area (TPSA) is 49.4 Å². The number of nitrogens with one attached hydrogen (secondary N) is 1. The highest BCUT2D eigenvalue weighted by molar-refractivity contribution is 7.89. The summed E-state index contributed by atoms with van der Waals surface area (Å²) < 4.78 is 27.5. The summed E-state index contributed by atoms with van der Waals surface area (Å²) in [4.78, 5) is 0.354. The van der Waals surface area contributed by atoms with Crippen LogP contribution < -0.4 is 5.32 Å². The quantitative estimate of drug-likeness (QED) is 0.903. The summed E-state index contributed by atoms with van der Waals surface area (Å²) in [5.41, 5.74) is 0. The van der Waals surface area contributed by atoms with Crippen LogP contribution in [-0.4, -0.2) is 38.4 Å². The fraction of sp³-hybridized carbons (Fsp3) is 0.600. The average Bonchev–Trinajstić information content (AvgIpc) is 3.31. The minimum atomic E-state index is -3.40. The van der Waals surface area contributed by atoms with E-state index in [1.54, 1.807) is 28.6 Å². The first-order chi connectivity index (χ1) is 10.1. The Hall–Kier alpha value is -0.620. The van der Waals surface area contributed by atoms with Gasteiger partial charge in [0, 0.05) is 17.6 Å². The lowest BCUT2D eigenvalue weighted by molar-refractivity contribution is 0.283. The molecule has 0 radical (unpaired) electrons. The van der Waals surface area contributed by atoms with Crippen LogP contribution in [0.25, 0.3) is 0 Å². The van der Waals surface area contributed by atoms with Gasteiger partial charge in [-0.3, -0.25) is 0 Å². The molecule has 1 saturated carbocycles. The van der Waals surface area contributed by atoms with Crippen molar-refractivity contribution in [3.8, 4) is 0 Å². The first kappa shape index (κ1) is 15.3. The normalized spacial score (nSPS) is 20.9. The smallest absolute Gasteiger partial charge is 0.243 e. The van der Waals surface area contributed by atoms with Crippen molar-refractivity contribution in [3.05, 3.63) is 29.3 Å². The van der Waals surface area contributed by atoms with Crippen LogP contribution >= 0.6 is 11.6 Å². The van der Waals surface area contributed by atoms with Gasteiger partial charge in [-0.05, 0) is 69.0 Å². The second-order valence-corrected chi connectivity index (χ2v) is 8.28. The van der Waals surface area contributed by atoms with E-state index in [1.165, 1.54) is 0 Å². The van der Waals surface area contributed by atoms with Gasteiger partial charge in [0.05, 0.1) is 4.90 Å². The Morgan fingerprint density at radius 1 is 1.10 bits per heavy atom. The number of halogens is 1. The molecule has 116 valence electrons. The molecule has 1 aliphatic carbocycles. The molecule has 1 saturated heterocycles. The molecule has 2 aliphatic rings. The number of hydrogen-bond acceptors (Lipinski definition) is 3. The number of rotatable bonds is 5. The summed E-state index contributed by atoms with van der Waals surface area (Å²) >= 11 is 5.86. The molecule has 0 unspecified atom stereocenters. The summed E-state index contributed by atoms with van der Waals surface area (Å²) in [6, 6.07) is 6.69. The van der Waals surface area contributed by atoms with E-state index in [9.17, 15) is 8.42 Å². The molecular weight excluding hydrogens is 308 g/mol. The summed E-state index contributed by atoms with van der Waals surface area (Å²) in [6.45, 7) is 2.63. The van der Waals surface area contributed by atoms with E-state index in [0.29, 0.717) is 22.4 Å². The standard InChI is InChI=1S/C15H21ClN2O2S/c16-13-1-5-15(6-2-13)21(19,20)18(14-3-4-14)11-12-7-9-17-10-8-12/h1-2,5-6,12,14,17H,3-4,7-11H2. The van der Waals surface area contributed by atoms with Gasteiger partial charge in [-0.25, -0.2) is 8.42 Å². The maximum absolute atomic E-state index is 12.9. The van der Waals surface area contributed by atoms with Crippen molar-refractivity contribution >= 4 is 21.6 Å². The van der Waals surface area contributed by atoms with Gasteiger partial charge in [0.15, 0.2) is 0 Å². The van der Waals surface area contributed by atoms with Crippen LogP contribution in [0.5, 0.6) is 0 Å². The summed E-state index contributed by atoms with van der Waals surface area (Å²) in [5, 5.41) is 3.89. The van der Waals surface area contributed by atoms with Crippen molar-refractivity contribution < 1.29 is 8.42 Å². The summed E-state index contributed by atoms with van der Waals surface area (Å²) in [7, 11) is -3.40. The van der Waals surface area contributed by atoms with Crippen molar-refractivity contribution in [1.29, 1.82) is 0 Å². The summed E-state index contributed by atoms with van der Waals surface area (Å²) in [6.07, 6.45) is 4.08. The minimum Gasteiger partial charge on any atom is -0.317 e. The van der Waals surface area contributed by atoms with E-state index in [0.717, 1.165) is 38.8 Å². The molecule has 0 atom stereocenters. The fourth-order valence-corrected chi connectivity index (χ4v) is 4.75. The molecule has 0 aromatic heterocycles. The lowest BCUT2D eigenvalue weighted by Crippen LogP contribution is -2.40. The maximum Gasteiger partial charge on any atom is 0.243 e. The van der Waals surface area contributed by atoms with Crippen LogP contribution in [0.4, 0.5) is 0 Å². The molecule has 6 heteroatoms. The molecule has 0 amide bonds. The van der Waals surface area contributed by atoms with Gasteiger partial charge in [-0.1, -0.05) is 11.6 Å². The fourth-order valence-electron chi connectivity index (χ4n) is 2.87.